The molecule has 3 rings (SSSR count). The molecular weight excluding hydrogens is 284 g/mol. The standard InChI is InChI=1S/C16H18N2O2S/c1-20-16(19)12-7-5-11(6-8-12)15-18-14(10-21-15)13-4-2-3-9-17-13/h5-8,10,13,17H,2-4,9H2,1H3/t13-/m1/s1. The Morgan fingerprint density at radius 1 is 1.33 bits per heavy atom. The second-order valence-electron chi connectivity index (χ2n) is 5.15. The molecule has 4 nitrogen and oxygen atoms in total. The summed E-state index contributed by atoms with van der Waals surface area (Å²) < 4.78 is 4.71. The summed E-state index contributed by atoms with van der Waals surface area (Å²) in [5.74, 6) is -0.312. The zero-order valence-corrected chi connectivity index (χ0v) is 12.8. The van der Waals surface area contributed by atoms with Crippen LogP contribution in [0, 0.1) is 0 Å². The molecule has 0 aliphatic carbocycles. The summed E-state index contributed by atoms with van der Waals surface area (Å²) in [6, 6.07) is 7.78. The van der Waals surface area contributed by atoms with E-state index in [1.807, 2.05) is 12.1 Å². The highest BCUT2D eigenvalue weighted by molar-refractivity contribution is 7.13. The molecule has 1 aromatic heterocycles. The number of benzene rings is 1. The Morgan fingerprint density at radius 2 is 2.14 bits per heavy atom. The topological polar surface area (TPSA) is 51.2 Å². The maximum Gasteiger partial charge on any atom is 0.337 e. The molecule has 0 radical (unpaired) electrons. The molecular formula is C16H18N2O2S. The van der Waals surface area contributed by atoms with Gasteiger partial charge in [-0.25, -0.2) is 9.78 Å². The monoisotopic (exact) mass is 302 g/mol. The first kappa shape index (κ1) is 14.2. The fourth-order valence-corrected chi connectivity index (χ4v) is 3.43. The second-order valence-corrected chi connectivity index (χ2v) is 6.01. The van der Waals surface area contributed by atoms with Crippen molar-refractivity contribution in [3.63, 3.8) is 0 Å². The molecule has 1 N–H and O–H groups in total. The molecule has 1 fully saturated rings. The van der Waals surface area contributed by atoms with Crippen molar-refractivity contribution in [2.45, 2.75) is 25.3 Å². The molecule has 1 aliphatic rings. The number of thiazole rings is 1. The molecule has 0 amide bonds. The third kappa shape index (κ3) is 3.14. The van der Waals surface area contributed by atoms with Crippen molar-refractivity contribution in [3.8, 4) is 10.6 Å². The zero-order chi connectivity index (χ0) is 14.7. The number of rotatable bonds is 3. The van der Waals surface area contributed by atoms with Crippen molar-refractivity contribution in [2.24, 2.45) is 0 Å². The predicted octanol–water partition coefficient (Wildman–Crippen LogP) is 3.41. The number of piperidine rings is 1. The quantitative estimate of drug-likeness (QED) is 0.883. The van der Waals surface area contributed by atoms with Crippen LogP contribution in [0.15, 0.2) is 29.6 Å². The summed E-state index contributed by atoms with van der Waals surface area (Å²) in [7, 11) is 1.39. The number of hydrogen-bond acceptors (Lipinski definition) is 5. The van der Waals surface area contributed by atoms with Gasteiger partial charge in [-0.2, -0.15) is 0 Å². The van der Waals surface area contributed by atoms with Crippen molar-refractivity contribution in [1.82, 2.24) is 10.3 Å². The van der Waals surface area contributed by atoms with Crippen LogP contribution in [0.1, 0.15) is 41.4 Å². The summed E-state index contributed by atoms with van der Waals surface area (Å²) in [4.78, 5) is 16.2. The van der Waals surface area contributed by atoms with Crippen LogP contribution in [-0.2, 0) is 4.74 Å². The Bertz CT molecular complexity index is 615. The van der Waals surface area contributed by atoms with Crippen LogP contribution in [0.3, 0.4) is 0 Å². The maximum absolute atomic E-state index is 11.4. The maximum atomic E-state index is 11.4. The van der Waals surface area contributed by atoms with Crippen LogP contribution in [-0.4, -0.2) is 24.6 Å². The van der Waals surface area contributed by atoms with Crippen molar-refractivity contribution in [3.05, 3.63) is 40.9 Å². The number of aromatic nitrogens is 1. The summed E-state index contributed by atoms with van der Waals surface area (Å²) >= 11 is 1.65. The molecule has 5 heteroatoms. The smallest absolute Gasteiger partial charge is 0.337 e. The molecule has 2 heterocycles. The van der Waals surface area contributed by atoms with Crippen LogP contribution < -0.4 is 5.32 Å². The van der Waals surface area contributed by atoms with Crippen LogP contribution >= 0.6 is 11.3 Å². The fraction of sp³-hybridized carbons (Fsp3) is 0.375. The van der Waals surface area contributed by atoms with E-state index < -0.39 is 0 Å². The minimum Gasteiger partial charge on any atom is -0.465 e. The minimum atomic E-state index is -0.312. The van der Waals surface area contributed by atoms with Gasteiger partial charge < -0.3 is 10.1 Å². The van der Waals surface area contributed by atoms with Crippen LogP contribution in [0.4, 0.5) is 0 Å². The first-order valence-corrected chi connectivity index (χ1v) is 8.03. The number of carbonyl (C=O) groups excluding carboxylic acids is 1. The van der Waals surface area contributed by atoms with E-state index in [0.717, 1.165) is 29.2 Å². The number of nitrogens with zero attached hydrogens (tertiary/aromatic N) is 1. The highest BCUT2D eigenvalue weighted by atomic mass is 32.1. The number of hydrogen-bond donors (Lipinski definition) is 1. The third-order valence-corrected chi connectivity index (χ3v) is 4.65. The van der Waals surface area contributed by atoms with E-state index in [0.29, 0.717) is 11.6 Å². The molecule has 1 aromatic carbocycles. The van der Waals surface area contributed by atoms with Gasteiger partial charge in [0.15, 0.2) is 0 Å². The van der Waals surface area contributed by atoms with Crippen molar-refractivity contribution in [1.29, 1.82) is 0 Å². The van der Waals surface area contributed by atoms with Crippen molar-refractivity contribution in [2.75, 3.05) is 13.7 Å². The summed E-state index contributed by atoms with van der Waals surface area (Å²) in [6.07, 6.45) is 3.67. The second kappa shape index (κ2) is 6.37. The third-order valence-electron chi connectivity index (χ3n) is 3.74. The lowest BCUT2D eigenvalue weighted by atomic mass is 10.0. The predicted molar refractivity (Wildman–Crippen MR) is 83.5 cm³/mol. The number of methoxy groups -OCH3 is 1. The van der Waals surface area contributed by atoms with E-state index in [1.54, 1.807) is 23.5 Å². The van der Waals surface area contributed by atoms with Gasteiger partial charge in [0.2, 0.25) is 0 Å². The normalized spacial score (nSPS) is 18.4. The van der Waals surface area contributed by atoms with Crippen LogP contribution in [0.25, 0.3) is 10.6 Å². The van der Waals surface area contributed by atoms with Gasteiger partial charge in [0, 0.05) is 10.9 Å². The molecule has 0 bridgehead atoms. The van der Waals surface area contributed by atoms with E-state index in [4.69, 9.17) is 9.72 Å². The van der Waals surface area contributed by atoms with E-state index in [1.165, 1.54) is 20.0 Å². The molecule has 1 atom stereocenters. The van der Waals surface area contributed by atoms with Gasteiger partial charge in [0.1, 0.15) is 5.01 Å². The van der Waals surface area contributed by atoms with E-state index >= 15 is 0 Å². The van der Waals surface area contributed by atoms with Gasteiger partial charge in [-0.15, -0.1) is 11.3 Å². The van der Waals surface area contributed by atoms with Crippen molar-refractivity contribution < 1.29 is 9.53 Å². The van der Waals surface area contributed by atoms with Gasteiger partial charge >= 0.3 is 5.97 Å². The number of ether oxygens (including phenoxy) is 1. The fourth-order valence-electron chi connectivity index (χ4n) is 2.55. The van der Waals surface area contributed by atoms with Gasteiger partial charge in [-0.05, 0) is 31.5 Å². The highest BCUT2D eigenvalue weighted by Gasteiger charge is 2.18. The summed E-state index contributed by atoms with van der Waals surface area (Å²) in [6.45, 7) is 1.07. The Balaban J connectivity index is 1.77. The van der Waals surface area contributed by atoms with Gasteiger partial charge in [-0.1, -0.05) is 18.6 Å². The average molecular weight is 302 g/mol. The van der Waals surface area contributed by atoms with E-state index in [9.17, 15) is 4.79 Å². The molecule has 1 saturated heterocycles. The van der Waals surface area contributed by atoms with Gasteiger partial charge in [0.25, 0.3) is 0 Å². The zero-order valence-electron chi connectivity index (χ0n) is 12.0. The Kier molecular flexibility index (Phi) is 4.31. The average Bonchev–Trinajstić information content (AvgIpc) is 3.05. The molecule has 21 heavy (non-hydrogen) atoms. The van der Waals surface area contributed by atoms with E-state index in [-0.39, 0.29) is 5.97 Å². The first-order valence-electron chi connectivity index (χ1n) is 7.15. The lowest BCUT2D eigenvalue weighted by molar-refractivity contribution is 0.0601. The molecule has 2 aromatic rings. The minimum absolute atomic E-state index is 0.312. The lowest BCUT2D eigenvalue weighted by Gasteiger charge is -2.21. The molecule has 0 unspecified atom stereocenters. The molecule has 110 valence electrons. The molecule has 1 aliphatic heterocycles. The molecule has 0 saturated carbocycles. The van der Waals surface area contributed by atoms with Gasteiger partial charge in [-0.3, -0.25) is 0 Å². The van der Waals surface area contributed by atoms with E-state index in [2.05, 4.69) is 10.7 Å². The lowest BCUT2D eigenvalue weighted by Crippen LogP contribution is -2.26. The summed E-state index contributed by atoms with van der Waals surface area (Å²) in [5.41, 5.74) is 2.73. The largest absolute Gasteiger partial charge is 0.465 e. The SMILES string of the molecule is COC(=O)c1ccc(-c2nc([C@H]3CCCCN3)cs2)cc1. The number of carbonyl (C=O) groups is 1. The molecule has 0 spiro atoms. The highest BCUT2D eigenvalue weighted by Crippen LogP contribution is 2.29. The Hall–Kier alpha value is -1.72. The van der Waals surface area contributed by atoms with Crippen LogP contribution in [0.5, 0.6) is 0 Å². The number of nitrogens with one attached hydrogen (secondary N) is 1. The Labute approximate surface area is 128 Å². The van der Waals surface area contributed by atoms with Crippen LogP contribution in [0.2, 0.25) is 0 Å². The van der Waals surface area contributed by atoms with Crippen molar-refractivity contribution >= 4 is 17.3 Å². The first-order chi connectivity index (χ1) is 10.3. The number of esters is 1. The Morgan fingerprint density at radius 3 is 2.81 bits per heavy atom. The summed E-state index contributed by atoms with van der Waals surface area (Å²) in [5, 5.41) is 6.64. The van der Waals surface area contributed by atoms with Gasteiger partial charge in [0.05, 0.1) is 24.4 Å².